The van der Waals surface area contributed by atoms with Crippen molar-refractivity contribution in [2.75, 3.05) is 7.05 Å². The number of nitrogens with one attached hydrogen (secondary N) is 3. The van der Waals surface area contributed by atoms with E-state index in [9.17, 15) is 28.7 Å². The molecule has 0 spiro atoms. The van der Waals surface area contributed by atoms with E-state index in [1.54, 1.807) is 32.6 Å². The Labute approximate surface area is 354 Å². The van der Waals surface area contributed by atoms with Gasteiger partial charge >= 0.3 is 19.9 Å². The summed E-state index contributed by atoms with van der Waals surface area (Å²) in [6.45, 7) is 11.4. The van der Waals surface area contributed by atoms with Crippen LogP contribution < -0.4 is 16.0 Å². The topological polar surface area (TPSA) is 202 Å². The molecule has 0 bridgehead atoms. The number of carbonyl (C=O) groups is 3. The van der Waals surface area contributed by atoms with Gasteiger partial charge in [0.1, 0.15) is 12.6 Å². The van der Waals surface area contributed by atoms with Crippen LogP contribution in [-0.4, -0.2) is 80.3 Å². The van der Waals surface area contributed by atoms with Crippen molar-refractivity contribution in [1.82, 2.24) is 30.8 Å². The predicted molar refractivity (Wildman–Crippen MR) is 228 cm³/mol. The molecular formula is C41H57N6O9PS2. The lowest BCUT2D eigenvalue weighted by molar-refractivity contribution is -0.162. The number of hydrogen-bond donors (Lipinski definition) is 5. The molecule has 0 fully saturated rings. The number of phosphoric ester groups is 1. The molecule has 1 unspecified atom stereocenters. The lowest BCUT2D eigenvalue weighted by Gasteiger charge is -2.35. The molecule has 0 aliphatic heterocycles. The molecule has 5 N–H and O–H groups in total. The van der Waals surface area contributed by atoms with Crippen LogP contribution in [0.4, 0.5) is 9.59 Å². The summed E-state index contributed by atoms with van der Waals surface area (Å²) in [5.41, 5.74) is 4.10. The molecule has 15 nitrogen and oxygen atoms in total. The van der Waals surface area contributed by atoms with Crippen molar-refractivity contribution in [3.8, 4) is 0 Å². The van der Waals surface area contributed by atoms with Crippen LogP contribution in [-0.2, 0) is 49.4 Å². The molecule has 2 aromatic heterocycles. The van der Waals surface area contributed by atoms with Crippen LogP contribution >= 0.6 is 30.5 Å². The first-order chi connectivity index (χ1) is 28.0. The van der Waals surface area contributed by atoms with Gasteiger partial charge in [-0.2, -0.15) is 0 Å². The minimum Gasteiger partial charge on any atom is -0.444 e. The van der Waals surface area contributed by atoms with Gasteiger partial charge in [0.15, 0.2) is 6.29 Å². The lowest BCUT2D eigenvalue weighted by atomic mass is 9.92. The van der Waals surface area contributed by atoms with E-state index in [1.807, 2.05) is 79.9 Å². The van der Waals surface area contributed by atoms with Gasteiger partial charge in [0.2, 0.25) is 5.91 Å². The highest BCUT2D eigenvalue weighted by atomic mass is 32.1. The monoisotopic (exact) mass is 872 g/mol. The van der Waals surface area contributed by atoms with E-state index < -0.39 is 62.3 Å². The third-order valence-corrected chi connectivity index (χ3v) is 11.6. The maximum Gasteiger partial charge on any atom is 0.471 e. The van der Waals surface area contributed by atoms with Crippen molar-refractivity contribution in [2.45, 2.75) is 110 Å². The van der Waals surface area contributed by atoms with Crippen LogP contribution in [0, 0.1) is 11.8 Å². The van der Waals surface area contributed by atoms with E-state index in [0.29, 0.717) is 6.42 Å². The van der Waals surface area contributed by atoms with Crippen LogP contribution in [0.5, 0.6) is 0 Å². The Hall–Kier alpha value is -4.22. The smallest absolute Gasteiger partial charge is 0.444 e. The van der Waals surface area contributed by atoms with Crippen LogP contribution in [0.15, 0.2) is 77.8 Å². The normalized spacial score (nSPS) is 14.4. The Morgan fingerprint density at radius 1 is 0.864 bits per heavy atom. The average molecular weight is 873 g/mol. The summed E-state index contributed by atoms with van der Waals surface area (Å²) in [6, 6.07) is 15.9. The number of benzene rings is 2. The number of nitrogens with zero attached hydrogens (tertiary/aromatic N) is 3. The summed E-state index contributed by atoms with van der Waals surface area (Å²) < 4.78 is 29.4. The first kappa shape index (κ1) is 47.5. The summed E-state index contributed by atoms with van der Waals surface area (Å²) in [5.74, 6) is -1.04. The molecule has 2 heterocycles. The van der Waals surface area contributed by atoms with E-state index in [4.69, 9.17) is 14.0 Å². The fraction of sp³-hybridized carbons (Fsp3) is 0.488. The van der Waals surface area contributed by atoms with Gasteiger partial charge in [-0.3, -0.25) is 14.3 Å². The fourth-order valence-electron chi connectivity index (χ4n) is 6.13. The Kier molecular flexibility index (Phi) is 18.5. The standard InChI is InChI=1S/C41H57N6O9PS2/c1-26(2)36(46-40(49)47(7)22-32-24-58-38(44-32)27(3)4)37(48)43-31(18-29-14-10-8-11-15-29)20-35(55-39(28(5)6)56-57(51,52)53)34(19-30-16-12-9-13-17-30)45-41(50)54-23-33-21-42-25-59-33/h8-17,21,24-28,31,34-36,39H,18-20,22-23H2,1-7H3,(H,43,48)(H,45,50)(H,46,49)(H2,51,52,53)/t31?,34-,35-,36-,39+/m0/s1. The minimum atomic E-state index is -5.04. The highest BCUT2D eigenvalue weighted by molar-refractivity contribution is 7.46. The number of rotatable bonds is 22. The zero-order chi connectivity index (χ0) is 43.1. The number of thiazole rings is 2. The van der Waals surface area contributed by atoms with Crippen LogP contribution in [0.2, 0.25) is 0 Å². The molecule has 0 aliphatic carbocycles. The first-order valence-corrected chi connectivity index (χ1v) is 22.8. The minimum absolute atomic E-state index is 0.0248. The van der Waals surface area contributed by atoms with Gasteiger partial charge in [-0.1, -0.05) is 102 Å². The molecule has 59 heavy (non-hydrogen) atoms. The Balaban J connectivity index is 1.66. The van der Waals surface area contributed by atoms with Crippen molar-refractivity contribution in [3.05, 3.63) is 104 Å². The predicted octanol–water partition coefficient (Wildman–Crippen LogP) is 7.02. The molecular weight excluding hydrogens is 816 g/mol. The number of alkyl carbamates (subject to hydrolysis) is 1. The van der Waals surface area contributed by atoms with E-state index in [1.165, 1.54) is 27.6 Å². The van der Waals surface area contributed by atoms with Gasteiger partial charge in [-0.25, -0.2) is 19.1 Å². The summed E-state index contributed by atoms with van der Waals surface area (Å²) in [6.07, 6.45) is -0.987. The van der Waals surface area contributed by atoms with Gasteiger partial charge in [0.05, 0.1) is 39.8 Å². The summed E-state index contributed by atoms with van der Waals surface area (Å²) in [5, 5.41) is 11.9. The number of aromatic nitrogens is 2. The molecule has 4 amide bonds. The second kappa shape index (κ2) is 23.0. The van der Waals surface area contributed by atoms with Gasteiger partial charge in [-0.15, -0.1) is 22.7 Å². The largest absolute Gasteiger partial charge is 0.471 e. The average Bonchev–Trinajstić information content (AvgIpc) is 3.88. The number of carbonyl (C=O) groups excluding carboxylic acids is 3. The van der Waals surface area contributed by atoms with Crippen molar-refractivity contribution in [1.29, 1.82) is 0 Å². The van der Waals surface area contributed by atoms with Gasteiger partial charge in [0.25, 0.3) is 0 Å². The van der Waals surface area contributed by atoms with Crippen LogP contribution in [0.1, 0.15) is 80.6 Å². The molecule has 2 aromatic carbocycles. The maximum atomic E-state index is 14.3. The zero-order valence-electron chi connectivity index (χ0n) is 34.5. The van der Waals surface area contributed by atoms with E-state index in [2.05, 4.69) is 39.8 Å². The zero-order valence-corrected chi connectivity index (χ0v) is 37.0. The molecule has 0 saturated carbocycles. The SMILES string of the molecule is CC(C)c1nc(CN(C)C(=O)N[C@H](C(=O)NC(Cc2ccccc2)C[C@H](O[C@H](OP(=O)(O)O)C(C)C)[C@H](Cc2ccccc2)NC(=O)OCc2cncs2)C(C)C)cs1. The molecule has 5 atom stereocenters. The first-order valence-electron chi connectivity index (χ1n) is 19.5. The lowest BCUT2D eigenvalue weighted by Crippen LogP contribution is -2.56. The molecule has 4 rings (SSSR count). The summed E-state index contributed by atoms with van der Waals surface area (Å²) in [7, 11) is -3.39. The Bertz CT molecular complexity index is 1930. The van der Waals surface area contributed by atoms with Crippen LogP contribution in [0.25, 0.3) is 0 Å². The van der Waals surface area contributed by atoms with Crippen molar-refractivity contribution < 1.29 is 42.7 Å². The second-order valence-corrected chi connectivity index (χ2v) is 18.4. The third-order valence-electron chi connectivity index (χ3n) is 9.20. The van der Waals surface area contributed by atoms with E-state index in [-0.39, 0.29) is 37.8 Å². The molecule has 0 radical (unpaired) electrons. The summed E-state index contributed by atoms with van der Waals surface area (Å²) in [4.78, 5) is 71.9. The highest BCUT2D eigenvalue weighted by Crippen LogP contribution is 2.40. The number of amides is 4. The molecule has 4 aromatic rings. The second-order valence-electron chi connectivity index (χ2n) is 15.4. The van der Waals surface area contributed by atoms with E-state index in [0.717, 1.165) is 26.7 Å². The third kappa shape index (κ3) is 16.4. The summed E-state index contributed by atoms with van der Waals surface area (Å²) >= 11 is 2.87. The fourth-order valence-corrected chi connectivity index (χ4v) is 8.02. The number of urea groups is 1. The molecule has 322 valence electrons. The van der Waals surface area contributed by atoms with Crippen molar-refractivity contribution >= 4 is 48.5 Å². The Morgan fingerprint density at radius 2 is 1.51 bits per heavy atom. The van der Waals surface area contributed by atoms with Gasteiger partial charge in [-0.05, 0) is 36.3 Å². The van der Waals surface area contributed by atoms with Crippen molar-refractivity contribution in [3.63, 3.8) is 0 Å². The quantitative estimate of drug-likeness (QED) is 0.0401. The van der Waals surface area contributed by atoms with Gasteiger partial charge < -0.3 is 40.1 Å². The number of phosphoric acid groups is 1. The number of hydrogen-bond acceptors (Lipinski definition) is 11. The van der Waals surface area contributed by atoms with E-state index >= 15 is 0 Å². The molecule has 0 saturated heterocycles. The van der Waals surface area contributed by atoms with Crippen molar-refractivity contribution in [2.24, 2.45) is 11.8 Å². The van der Waals surface area contributed by atoms with Crippen LogP contribution in [0.3, 0.4) is 0 Å². The molecule has 18 heteroatoms. The highest BCUT2D eigenvalue weighted by Gasteiger charge is 2.36. The number of ether oxygens (including phenoxy) is 2. The molecule has 0 aliphatic rings. The van der Waals surface area contributed by atoms with Gasteiger partial charge in [0, 0.05) is 36.5 Å². The maximum absolute atomic E-state index is 14.3. The Morgan fingerprint density at radius 3 is 2.05 bits per heavy atom.